The first-order valence-electron chi connectivity index (χ1n) is 9.48. The number of fused-ring (bicyclic) bond motifs is 2. The van der Waals surface area contributed by atoms with Crippen LogP contribution in [0.5, 0.6) is 5.75 Å². The Morgan fingerprint density at radius 3 is 2.71 bits per heavy atom. The zero-order chi connectivity index (χ0) is 19.7. The molecule has 150 valence electrons. The lowest BCUT2D eigenvalue weighted by atomic mass is 9.99. The molecular formula is C20H23F3N4O. The fraction of sp³-hybridized carbons (Fsp3) is 0.500. The molecule has 1 saturated carbocycles. The van der Waals surface area contributed by atoms with Crippen molar-refractivity contribution in [3.05, 3.63) is 47.8 Å². The van der Waals surface area contributed by atoms with Crippen molar-refractivity contribution in [3.63, 3.8) is 0 Å². The number of anilines is 1. The molecule has 1 aromatic carbocycles. The van der Waals surface area contributed by atoms with Gasteiger partial charge in [-0.05, 0) is 43.4 Å². The van der Waals surface area contributed by atoms with Gasteiger partial charge in [0.15, 0.2) is 0 Å². The number of rotatable bonds is 6. The van der Waals surface area contributed by atoms with Gasteiger partial charge in [0.1, 0.15) is 12.4 Å². The van der Waals surface area contributed by atoms with E-state index in [0.717, 1.165) is 43.5 Å². The summed E-state index contributed by atoms with van der Waals surface area (Å²) in [5.74, 6) is 1.36. The van der Waals surface area contributed by atoms with Gasteiger partial charge in [0.25, 0.3) is 0 Å². The minimum atomic E-state index is -4.36. The van der Waals surface area contributed by atoms with Crippen molar-refractivity contribution in [2.75, 3.05) is 19.0 Å². The maximum atomic E-state index is 12.9. The molecule has 8 heteroatoms. The van der Waals surface area contributed by atoms with E-state index < -0.39 is 11.7 Å². The molecule has 2 aromatic rings. The smallest absolute Gasteiger partial charge is 0.416 e. The number of nitrogens with zero attached hydrogens (tertiary/aromatic N) is 3. The zero-order valence-corrected chi connectivity index (χ0v) is 15.6. The Bertz CT molecular complexity index is 812. The molecule has 4 rings (SSSR count). The monoisotopic (exact) mass is 392 g/mol. The van der Waals surface area contributed by atoms with E-state index in [2.05, 4.69) is 20.2 Å². The highest BCUT2D eigenvalue weighted by molar-refractivity contribution is 5.30. The van der Waals surface area contributed by atoms with Gasteiger partial charge in [-0.3, -0.25) is 4.90 Å². The summed E-state index contributed by atoms with van der Waals surface area (Å²) >= 11 is 0. The topological polar surface area (TPSA) is 50.3 Å². The fourth-order valence-corrected chi connectivity index (χ4v) is 4.38. The molecule has 2 unspecified atom stereocenters. The van der Waals surface area contributed by atoms with E-state index >= 15 is 0 Å². The molecule has 0 radical (unpaired) electrons. The van der Waals surface area contributed by atoms with Gasteiger partial charge in [-0.25, -0.2) is 9.97 Å². The van der Waals surface area contributed by atoms with Gasteiger partial charge in [-0.2, -0.15) is 13.2 Å². The van der Waals surface area contributed by atoms with Crippen molar-refractivity contribution < 1.29 is 17.9 Å². The predicted molar refractivity (Wildman–Crippen MR) is 99.0 cm³/mol. The standard InChI is InChI=1S/C20H23F3N4O/c1-24-19-25-9-13(10-26-19)11-27-16-6-5-14(7-16)18(27)12-28-17-4-2-3-15(8-17)20(21,22)23/h2-4,8-10,14,16,18H,5-7,11-12H2,1H3,(H,24,25,26)/t14?,16?,18-/m1/s1. The summed E-state index contributed by atoms with van der Waals surface area (Å²) in [6.07, 6.45) is 2.68. The molecule has 0 amide bonds. The van der Waals surface area contributed by atoms with Crippen molar-refractivity contribution in [1.29, 1.82) is 0 Å². The third-order valence-electron chi connectivity index (χ3n) is 5.76. The molecule has 0 spiro atoms. The second-order valence-electron chi connectivity index (χ2n) is 7.47. The van der Waals surface area contributed by atoms with E-state index in [9.17, 15) is 13.2 Å². The van der Waals surface area contributed by atoms with Crippen molar-refractivity contribution in [2.45, 2.75) is 44.1 Å². The van der Waals surface area contributed by atoms with Gasteiger partial charge in [-0.1, -0.05) is 6.07 Å². The summed E-state index contributed by atoms with van der Waals surface area (Å²) in [6, 6.07) is 5.78. The number of benzene rings is 1. The van der Waals surface area contributed by atoms with Gasteiger partial charge in [-0.15, -0.1) is 0 Å². The van der Waals surface area contributed by atoms with Crippen molar-refractivity contribution in [3.8, 4) is 5.75 Å². The first kappa shape index (κ1) is 19.0. The van der Waals surface area contributed by atoms with Gasteiger partial charge < -0.3 is 10.1 Å². The number of aromatic nitrogens is 2. The number of likely N-dealkylation sites (tertiary alicyclic amines) is 1. The number of hydrogen-bond acceptors (Lipinski definition) is 5. The second kappa shape index (κ2) is 7.58. The molecule has 1 aromatic heterocycles. The lowest BCUT2D eigenvalue weighted by molar-refractivity contribution is -0.137. The molecular weight excluding hydrogens is 369 g/mol. The molecule has 2 bridgehead atoms. The summed E-state index contributed by atoms with van der Waals surface area (Å²) < 4.78 is 44.5. The van der Waals surface area contributed by atoms with E-state index in [1.165, 1.54) is 6.07 Å². The summed E-state index contributed by atoms with van der Waals surface area (Å²) in [6.45, 7) is 1.11. The average molecular weight is 392 g/mol. The number of ether oxygens (including phenoxy) is 1. The molecule has 1 aliphatic carbocycles. The van der Waals surface area contributed by atoms with Gasteiger partial charge in [0.05, 0.1) is 5.56 Å². The lowest BCUT2D eigenvalue weighted by Gasteiger charge is -2.35. The number of hydrogen-bond donors (Lipinski definition) is 1. The summed E-state index contributed by atoms with van der Waals surface area (Å²) in [5, 5.41) is 2.90. The lowest BCUT2D eigenvalue weighted by Crippen LogP contribution is -2.43. The average Bonchev–Trinajstić information content (AvgIpc) is 3.28. The normalized spacial score (nSPS) is 24.5. The predicted octanol–water partition coefficient (Wildman–Crippen LogP) is 3.97. The highest BCUT2D eigenvalue weighted by Gasteiger charge is 2.46. The Balaban J connectivity index is 1.44. The molecule has 1 aliphatic heterocycles. The van der Waals surface area contributed by atoms with Crippen molar-refractivity contribution in [2.24, 2.45) is 5.92 Å². The molecule has 2 aliphatic rings. The van der Waals surface area contributed by atoms with Crippen LogP contribution >= 0.6 is 0 Å². The highest BCUT2D eigenvalue weighted by atomic mass is 19.4. The zero-order valence-electron chi connectivity index (χ0n) is 15.6. The molecule has 28 heavy (non-hydrogen) atoms. The van der Waals surface area contributed by atoms with Crippen LogP contribution in [0.15, 0.2) is 36.7 Å². The maximum Gasteiger partial charge on any atom is 0.416 e. The van der Waals surface area contributed by atoms with Crippen LogP contribution in [-0.2, 0) is 12.7 Å². The number of nitrogens with one attached hydrogen (secondary N) is 1. The summed E-state index contributed by atoms with van der Waals surface area (Å²) in [7, 11) is 1.77. The Morgan fingerprint density at radius 1 is 1.21 bits per heavy atom. The first-order valence-corrected chi connectivity index (χ1v) is 9.48. The van der Waals surface area contributed by atoms with Crippen LogP contribution in [0.25, 0.3) is 0 Å². The number of alkyl halides is 3. The van der Waals surface area contributed by atoms with E-state index in [-0.39, 0.29) is 11.8 Å². The van der Waals surface area contributed by atoms with Crippen LogP contribution in [0.4, 0.5) is 19.1 Å². The molecule has 2 fully saturated rings. The van der Waals surface area contributed by atoms with E-state index in [0.29, 0.717) is 24.5 Å². The van der Waals surface area contributed by atoms with E-state index in [1.54, 1.807) is 13.1 Å². The van der Waals surface area contributed by atoms with E-state index in [4.69, 9.17) is 4.74 Å². The number of piperidine rings is 1. The van der Waals surface area contributed by atoms with Crippen LogP contribution in [0.3, 0.4) is 0 Å². The van der Waals surface area contributed by atoms with Crippen LogP contribution in [0.1, 0.15) is 30.4 Å². The Kier molecular flexibility index (Phi) is 5.14. The highest BCUT2D eigenvalue weighted by Crippen LogP contribution is 2.43. The van der Waals surface area contributed by atoms with Gasteiger partial charge in [0, 0.05) is 43.6 Å². The Morgan fingerprint density at radius 2 is 2.00 bits per heavy atom. The Hall–Kier alpha value is -2.35. The van der Waals surface area contributed by atoms with Crippen LogP contribution in [0, 0.1) is 5.92 Å². The van der Waals surface area contributed by atoms with Crippen molar-refractivity contribution in [1.82, 2.24) is 14.9 Å². The van der Waals surface area contributed by atoms with Crippen LogP contribution in [-0.4, -0.2) is 40.6 Å². The van der Waals surface area contributed by atoms with Crippen LogP contribution < -0.4 is 10.1 Å². The first-order chi connectivity index (χ1) is 13.4. The quantitative estimate of drug-likeness (QED) is 0.806. The minimum Gasteiger partial charge on any atom is -0.492 e. The van der Waals surface area contributed by atoms with Gasteiger partial charge in [0.2, 0.25) is 5.95 Å². The third kappa shape index (κ3) is 3.92. The molecule has 1 N–H and O–H groups in total. The molecule has 5 nitrogen and oxygen atoms in total. The summed E-state index contributed by atoms with van der Waals surface area (Å²) in [4.78, 5) is 10.9. The Labute approximate surface area is 161 Å². The second-order valence-corrected chi connectivity index (χ2v) is 7.47. The molecule has 3 atom stereocenters. The maximum absolute atomic E-state index is 12.9. The molecule has 1 saturated heterocycles. The minimum absolute atomic E-state index is 0.192. The third-order valence-corrected chi connectivity index (χ3v) is 5.76. The number of halogens is 3. The van der Waals surface area contributed by atoms with Crippen LogP contribution in [0.2, 0.25) is 0 Å². The van der Waals surface area contributed by atoms with Gasteiger partial charge >= 0.3 is 6.18 Å². The largest absolute Gasteiger partial charge is 0.492 e. The van der Waals surface area contributed by atoms with Crippen molar-refractivity contribution >= 4 is 5.95 Å². The fourth-order valence-electron chi connectivity index (χ4n) is 4.38. The SMILES string of the molecule is CNc1ncc(CN2C3CCC(C3)[C@H]2COc2cccc(C(F)(F)F)c2)cn1. The molecule has 2 heterocycles. The summed E-state index contributed by atoms with van der Waals surface area (Å²) in [5.41, 5.74) is 0.340. The van der Waals surface area contributed by atoms with E-state index in [1.807, 2.05) is 12.4 Å².